The highest BCUT2D eigenvalue weighted by Crippen LogP contribution is 2.31. The van der Waals surface area contributed by atoms with Crippen molar-refractivity contribution < 1.29 is 9.53 Å². The van der Waals surface area contributed by atoms with Crippen LogP contribution in [0.2, 0.25) is 0 Å². The third-order valence-electron chi connectivity index (χ3n) is 5.53. The molecule has 7 heteroatoms. The van der Waals surface area contributed by atoms with Crippen LogP contribution in [-0.4, -0.2) is 65.0 Å². The van der Waals surface area contributed by atoms with Gasteiger partial charge >= 0.3 is 0 Å². The molecule has 0 bridgehead atoms. The van der Waals surface area contributed by atoms with Crippen LogP contribution in [0.5, 0.6) is 0 Å². The Bertz CT molecular complexity index is 860. The zero-order chi connectivity index (χ0) is 19.3. The average molecular weight is 383 g/mol. The molecule has 4 rings (SSSR count). The van der Waals surface area contributed by atoms with Gasteiger partial charge in [0.15, 0.2) is 5.65 Å². The molecule has 1 unspecified atom stereocenters. The van der Waals surface area contributed by atoms with Crippen LogP contribution in [-0.2, 0) is 16.1 Å². The Balaban J connectivity index is 1.51. The summed E-state index contributed by atoms with van der Waals surface area (Å²) in [6.07, 6.45) is 7.51. The van der Waals surface area contributed by atoms with Gasteiger partial charge in [0, 0.05) is 44.1 Å². The molecule has 1 N–H and O–H groups in total. The van der Waals surface area contributed by atoms with Crippen LogP contribution in [0.25, 0.3) is 11.0 Å². The standard InChI is InChI=1S/C21H29N5O2/c1-16(27)22-9-11-26-21-19(7-2-8-23-21)20(24-26)18-6-3-10-25(14-18)13-17-5-4-12-28-15-17/h2,5,7-8,18H,3-4,6,9-15H2,1H3,(H,22,27). The Morgan fingerprint density at radius 1 is 1.43 bits per heavy atom. The summed E-state index contributed by atoms with van der Waals surface area (Å²) in [5.74, 6) is 0.390. The summed E-state index contributed by atoms with van der Waals surface area (Å²) >= 11 is 0. The van der Waals surface area contributed by atoms with Gasteiger partial charge in [-0.25, -0.2) is 9.67 Å². The van der Waals surface area contributed by atoms with Crippen molar-refractivity contribution >= 4 is 16.9 Å². The van der Waals surface area contributed by atoms with Gasteiger partial charge in [-0.15, -0.1) is 0 Å². The number of carbonyl (C=O) groups excluding carboxylic acids is 1. The number of aromatic nitrogens is 3. The van der Waals surface area contributed by atoms with Crippen molar-refractivity contribution in [1.29, 1.82) is 0 Å². The van der Waals surface area contributed by atoms with E-state index in [9.17, 15) is 4.79 Å². The number of rotatable bonds is 6. The number of amides is 1. The molecule has 1 atom stereocenters. The number of likely N-dealkylation sites (tertiary alicyclic amines) is 1. The summed E-state index contributed by atoms with van der Waals surface area (Å²) in [5, 5.41) is 8.91. The van der Waals surface area contributed by atoms with E-state index >= 15 is 0 Å². The second-order valence-electron chi connectivity index (χ2n) is 7.74. The van der Waals surface area contributed by atoms with Gasteiger partial charge in [-0.1, -0.05) is 6.08 Å². The number of carbonyl (C=O) groups is 1. The van der Waals surface area contributed by atoms with Crippen molar-refractivity contribution in [1.82, 2.24) is 25.0 Å². The molecule has 0 saturated carbocycles. The third-order valence-corrected chi connectivity index (χ3v) is 5.53. The minimum Gasteiger partial charge on any atom is -0.377 e. The zero-order valence-corrected chi connectivity index (χ0v) is 16.6. The SMILES string of the molecule is CC(=O)NCCn1nc(C2CCCN(CC3=CCCOC3)C2)c2cccnc21. The topological polar surface area (TPSA) is 72.3 Å². The maximum Gasteiger partial charge on any atom is 0.216 e. The zero-order valence-electron chi connectivity index (χ0n) is 16.6. The number of hydrogen-bond donors (Lipinski definition) is 1. The summed E-state index contributed by atoms with van der Waals surface area (Å²) in [5.41, 5.74) is 3.45. The monoisotopic (exact) mass is 383 g/mol. The third kappa shape index (κ3) is 4.42. The molecule has 2 aliphatic rings. The van der Waals surface area contributed by atoms with Gasteiger partial charge in [-0.3, -0.25) is 9.69 Å². The van der Waals surface area contributed by atoms with Crippen molar-refractivity contribution in [3.05, 3.63) is 35.7 Å². The lowest BCUT2D eigenvalue weighted by atomic mass is 9.93. The first-order valence-corrected chi connectivity index (χ1v) is 10.2. The number of ether oxygens (including phenoxy) is 1. The molecule has 2 aliphatic heterocycles. The van der Waals surface area contributed by atoms with Gasteiger partial charge in [0.1, 0.15) is 0 Å². The number of nitrogens with zero attached hydrogens (tertiary/aromatic N) is 4. The van der Waals surface area contributed by atoms with Crippen LogP contribution < -0.4 is 5.32 Å². The van der Waals surface area contributed by atoms with Gasteiger partial charge in [0.25, 0.3) is 0 Å². The molecule has 4 heterocycles. The highest BCUT2D eigenvalue weighted by atomic mass is 16.5. The Kier molecular flexibility index (Phi) is 6.02. The van der Waals surface area contributed by atoms with E-state index in [1.165, 1.54) is 18.9 Å². The molecule has 2 aromatic heterocycles. The predicted octanol–water partition coefficient (Wildman–Crippen LogP) is 2.09. The van der Waals surface area contributed by atoms with Crippen LogP contribution in [0.4, 0.5) is 0 Å². The van der Waals surface area contributed by atoms with Crippen molar-refractivity contribution in [3.63, 3.8) is 0 Å². The van der Waals surface area contributed by atoms with Gasteiger partial charge in [-0.05, 0) is 43.5 Å². The fourth-order valence-electron chi connectivity index (χ4n) is 4.26. The van der Waals surface area contributed by atoms with E-state index in [0.29, 0.717) is 19.0 Å². The predicted molar refractivity (Wildman–Crippen MR) is 108 cm³/mol. The molecule has 1 fully saturated rings. The highest BCUT2D eigenvalue weighted by Gasteiger charge is 2.26. The van der Waals surface area contributed by atoms with E-state index in [1.54, 1.807) is 0 Å². The van der Waals surface area contributed by atoms with E-state index in [0.717, 1.165) is 62.4 Å². The van der Waals surface area contributed by atoms with Crippen LogP contribution in [0.3, 0.4) is 0 Å². The Hall–Kier alpha value is -2.25. The lowest BCUT2D eigenvalue weighted by Gasteiger charge is -2.33. The molecule has 0 radical (unpaired) electrons. The molecule has 0 aliphatic carbocycles. The molecule has 28 heavy (non-hydrogen) atoms. The lowest BCUT2D eigenvalue weighted by Crippen LogP contribution is -2.37. The Morgan fingerprint density at radius 2 is 2.36 bits per heavy atom. The maximum absolute atomic E-state index is 11.2. The van der Waals surface area contributed by atoms with E-state index in [4.69, 9.17) is 9.84 Å². The first kappa shape index (κ1) is 19.1. The minimum absolute atomic E-state index is 0.0198. The van der Waals surface area contributed by atoms with Crippen LogP contribution in [0, 0.1) is 0 Å². The summed E-state index contributed by atoms with van der Waals surface area (Å²) in [4.78, 5) is 18.3. The fourth-order valence-corrected chi connectivity index (χ4v) is 4.26. The molecule has 7 nitrogen and oxygen atoms in total. The molecule has 0 aromatic carbocycles. The molecular formula is C21H29N5O2. The maximum atomic E-state index is 11.2. The quantitative estimate of drug-likeness (QED) is 0.774. The number of fused-ring (bicyclic) bond motifs is 1. The van der Waals surface area contributed by atoms with E-state index in [-0.39, 0.29) is 5.91 Å². The first-order chi connectivity index (χ1) is 13.7. The number of piperidine rings is 1. The smallest absolute Gasteiger partial charge is 0.216 e. The van der Waals surface area contributed by atoms with Crippen molar-refractivity contribution in [2.24, 2.45) is 0 Å². The minimum atomic E-state index is -0.0198. The second-order valence-corrected chi connectivity index (χ2v) is 7.74. The van der Waals surface area contributed by atoms with Crippen LogP contribution in [0.1, 0.15) is 37.8 Å². The van der Waals surface area contributed by atoms with Gasteiger partial charge in [0.05, 0.1) is 25.5 Å². The average Bonchev–Trinajstić information content (AvgIpc) is 3.08. The first-order valence-electron chi connectivity index (χ1n) is 10.2. The summed E-state index contributed by atoms with van der Waals surface area (Å²) in [6.45, 7) is 7.50. The van der Waals surface area contributed by atoms with Crippen LogP contribution in [0.15, 0.2) is 30.0 Å². The number of nitrogens with one attached hydrogen (secondary N) is 1. The Morgan fingerprint density at radius 3 is 3.18 bits per heavy atom. The van der Waals surface area contributed by atoms with Gasteiger partial charge in [-0.2, -0.15) is 5.10 Å². The second kappa shape index (κ2) is 8.84. The molecule has 150 valence electrons. The van der Waals surface area contributed by atoms with E-state index in [1.807, 2.05) is 16.9 Å². The van der Waals surface area contributed by atoms with Crippen LogP contribution >= 0.6 is 0 Å². The number of hydrogen-bond acceptors (Lipinski definition) is 5. The van der Waals surface area contributed by atoms with Crippen molar-refractivity contribution in [2.45, 2.75) is 38.6 Å². The molecule has 0 spiro atoms. The molecular weight excluding hydrogens is 354 g/mol. The summed E-state index contributed by atoms with van der Waals surface area (Å²) in [7, 11) is 0. The Labute approximate surface area is 165 Å². The van der Waals surface area contributed by atoms with E-state index in [2.05, 4.69) is 27.3 Å². The molecule has 2 aromatic rings. The fraction of sp³-hybridized carbons (Fsp3) is 0.571. The molecule has 1 amide bonds. The van der Waals surface area contributed by atoms with Crippen molar-refractivity contribution in [2.75, 3.05) is 39.4 Å². The van der Waals surface area contributed by atoms with E-state index < -0.39 is 0 Å². The lowest BCUT2D eigenvalue weighted by molar-refractivity contribution is -0.118. The summed E-state index contributed by atoms with van der Waals surface area (Å²) in [6, 6.07) is 4.10. The normalized spacial score (nSPS) is 20.9. The number of pyridine rings is 1. The summed E-state index contributed by atoms with van der Waals surface area (Å²) < 4.78 is 7.54. The molecule has 1 saturated heterocycles. The van der Waals surface area contributed by atoms with Gasteiger partial charge < -0.3 is 10.1 Å². The van der Waals surface area contributed by atoms with Crippen molar-refractivity contribution in [3.8, 4) is 0 Å². The van der Waals surface area contributed by atoms with Gasteiger partial charge in [0.2, 0.25) is 5.91 Å². The largest absolute Gasteiger partial charge is 0.377 e. The highest BCUT2D eigenvalue weighted by molar-refractivity contribution is 5.79.